The summed E-state index contributed by atoms with van der Waals surface area (Å²) in [6, 6.07) is 5.89. The zero-order valence-corrected chi connectivity index (χ0v) is 25.5. The van der Waals surface area contributed by atoms with Gasteiger partial charge in [0.2, 0.25) is 0 Å². The number of ether oxygens (including phenoxy) is 4. The molecular formula is C31H26F2O10S2. The lowest BCUT2D eigenvalue weighted by molar-refractivity contribution is -0.139. The van der Waals surface area contributed by atoms with Gasteiger partial charge in [0.15, 0.2) is 46.2 Å². The van der Waals surface area contributed by atoms with Crippen molar-refractivity contribution in [2.45, 2.75) is 19.3 Å². The quantitative estimate of drug-likeness (QED) is 0.121. The van der Waals surface area contributed by atoms with Gasteiger partial charge >= 0.3 is 11.9 Å². The van der Waals surface area contributed by atoms with Crippen molar-refractivity contribution in [3.8, 4) is 23.0 Å². The summed E-state index contributed by atoms with van der Waals surface area (Å²) in [6.07, 6.45) is 0.730. The number of aliphatic carboxylic acids is 2. The topological polar surface area (TPSA) is 146 Å². The van der Waals surface area contributed by atoms with E-state index in [9.17, 15) is 19.2 Å². The molecule has 6 rings (SSSR count). The summed E-state index contributed by atoms with van der Waals surface area (Å²) in [4.78, 5) is 48.3. The summed E-state index contributed by atoms with van der Waals surface area (Å²) < 4.78 is 53.9. The molecule has 4 atom stereocenters. The minimum atomic E-state index is -1.03. The Bertz CT molecular complexity index is 1750. The third kappa shape index (κ3) is 5.68. The lowest BCUT2D eigenvalue weighted by Gasteiger charge is -2.14. The van der Waals surface area contributed by atoms with Gasteiger partial charge in [0.1, 0.15) is 0 Å². The second-order valence-corrected chi connectivity index (χ2v) is 13.0. The molecule has 2 aliphatic carbocycles. The molecule has 0 radical (unpaired) electrons. The van der Waals surface area contributed by atoms with E-state index in [0.29, 0.717) is 9.40 Å². The van der Waals surface area contributed by atoms with Crippen molar-refractivity contribution in [2.24, 2.45) is 23.7 Å². The van der Waals surface area contributed by atoms with Gasteiger partial charge in [-0.15, -0.1) is 22.7 Å². The number of thiophene rings is 2. The number of fused-ring (bicyclic) bond motifs is 2. The lowest BCUT2D eigenvalue weighted by Crippen LogP contribution is -2.08. The molecule has 0 unspecified atom stereocenters. The zero-order chi connectivity index (χ0) is 32.2. The van der Waals surface area contributed by atoms with Crippen molar-refractivity contribution in [1.82, 2.24) is 0 Å². The van der Waals surface area contributed by atoms with Gasteiger partial charge in [-0.25, -0.2) is 8.78 Å². The second kappa shape index (κ2) is 11.9. The maximum atomic E-state index is 15.5. The molecule has 0 bridgehead atoms. The summed E-state index contributed by atoms with van der Waals surface area (Å²) in [5.74, 6) is -6.95. The van der Waals surface area contributed by atoms with Gasteiger partial charge in [0.25, 0.3) is 0 Å². The number of carbonyl (C=O) groups is 4. The molecule has 0 amide bonds. The van der Waals surface area contributed by atoms with Crippen LogP contribution < -0.4 is 18.9 Å². The molecule has 0 spiro atoms. The van der Waals surface area contributed by atoms with Crippen LogP contribution in [0.2, 0.25) is 0 Å². The Hall–Kier alpha value is -4.30. The molecule has 4 aromatic rings. The van der Waals surface area contributed by atoms with Crippen molar-refractivity contribution in [3.63, 3.8) is 0 Å². The fourth-order valence-corrected chi connectivity index (χ4v) is 7.48. The smallest absolute Gasteiger partial charge is 0.307 e. The van der Waals surface area contributed by atoms with E-state index in [0.717, 1.165) is 22.7 Å². The molecule has 14 heteroatoms. The van der Waals surface area contributed by atoms with E-state index in [1.54, 1.807) is 12.1 Å². The van der Waals surface area contributed by atoms with Crippen LogP contribution in [-0.4, -0.2) is 61.2 Å². The molecule has 10 nitrogen and oxygen atoms in total. The molecule has 2 fully saturated rings. The Labute approximate surface area is 262 Å². The standard InChI is InChI=1S/C31H26F2O10S2/c1-40-18-10-20-16(8-22(44-20)26(34)12-6-14(12)30(36)37)24(32)28(18)42-4-3-5-43-29-19(41-2)11-21-17(25(29)33)9-23(45-21)27(35)13-7-15(13)31(38)39/h8-15H,3-7H2,1-2H3,(H,36,37)(H,38,39)/t12-,13-,14-,15-/m1/s1. The number of carboxylic acids is 2. The van der Waals surface area contributed by atoms with E-state index < -0.39 is 47.2 Å². The Balaban J connectivity index is 1.12. The number of rotatable bonds is 14. The molecule has 236 valence electrons. The minimum Gasteiger partial charge on any atom is -0.493 e. The third-order valence-corrected chi connectivity index (χ3v) is 10.2. The molecule has 0 saturated heterocycles. The van der Waals surface area contributed by atoms with Crippen molar-refractivity contribution in [3.05, 3.63) is 45.7 Å². The normalized spacial score (nSPS) is 20.2. The van der Waals surface area contributed by atoms with Crippen LogP contribution in [0.3, 0.4) is 0 Å². The zero-order valence-electron chi connectivity index (χ0n) is 23.9. The fourth-order valence-electron chi connectivity index (χ4n) is 5.30. The molecule has 0 aliphatic heterocycles. The fraction of sp³-hybridized carbons (Fsp3) is 0.355. The molecule has 2 aromatic carbocycles. The first kappa shape index (κ1) is 30.7. The minimum absolute atomic E-state index is 0.0352. The van der Waals surface area contributed by atoms with Crippen LogP contribution in [0.5, 0.6) is 23.0 Å². The number of hydrogen-bond donors (Lipinski definition) is 2. The van der Waals surface area contributed by atoms with Crippen molar-refractivity contribution in [2.75, 3.05) is 27.4 Å². The predicted molar refractivity (Wildman–Crippen MR) is 159 cm³/mol. The number of hydrogen-bond acceptors (Lipinski definition) is 10. The largest absolute Gasteiger partial charge is 0.493 e. The predicted octanol–water partition coefficient (Wildman–Crippen LogP) is 6.07. The van der Waals surface area contributed by atoms with Crippen molar-refractivity contribution >= 4 is 66.4 Å². The number of Topliss-reactive ketones (excluding diaryl/α,β-unsaturated/α-hetero) is 2. The van der Waals surface area contributed by atoms with Crippen LogP contribution in [0, 0.1) is 35.3 Å². The van der Waals surface area contributed by atoms with Gasteiger partial charge in [-0.3, -0.25) is 19.2 Å². The van der Waals surface area contributed by atoms with Gasteiger partial charge in [0.05, 0.1) is 49.0 Å². The van der Waals surface area contributed by atoms with Crippen LogP contribution in [0.1, 0.15) is 38.6 Å². The Morgan fingerprint density at radius 2 is 1.11 bits per heavy atom. The van der Waals surface area contributed by atoms with E-state index in [2.05, 4.69) is 0 Å². The van der Waals surface area contributed by atoms with Crippen LogP contribution in [-0.2, 0) is 9.59 Å². The molecule has 2 aromatic heterocycles. The van der Waals surface area contributed by atoms with Gasteiger partial charge in [0, 0.05) is 50.6 Å². The Morgan fingerprint density at radius 1 is 0.711 bits per heavy atom. The maximum Gasteiger partial charge on any atom is 0.307 e. The van der Waals surface area contributed by atoms with E-state index >= 15 is 8.78 Å². The summed E-state index contributed by atoms with van der Waals surface area (Å²) >= 11 is 2.11. The monoisotopic (exact) mass is 660 g/mol. The first-order valence-electron chi connectivity index (χ1n) is 13.9. The average Bonchev–Trinajstić information content (AvgIpc) is 3.91. The average molecular weight is 661 g/mol. The molecule has 2 saturated carbocycles. The number of benzene rings is 2. The number of ketones is 2. The number of carbonyl (C=O) groups excluding carboxylic acids is 2. The molecule has 2 aliphatic rings. The van der Waals surface area contributed by atoms with E-state index in [1.807, 2.05) is 0 Å². The van der Waals surface area contributed by atoms with Gasteiger partial charge < -0.3 is 29.2 Å². The number of halogens is 2. The molecule has 2 heterocycles. The SMILES string of the molecule is COc1cc2sc(C(=O)[C@@H]3C[C@H]3C(=O)O)cc2c(F)c1OCCCOc1c(OC)cc2sc(C(=O)[C@@H]3C[C@H]3C(=O)O)cc2c1F. The number of methoxy groups -OCH3 is 2. The van der Waals surface area contributed by atoms with Gasteiger partial charge in [-0.05, 0) is 25.0 Å². The highest BCUT2D eigenvalue weighted by Gasteiger charge is 2.49. The highest BCUT2D eigenvalue weighted by atomic mass is 32.1. The van der Waals surface area contributed by atoms with Gasteiger partial charge in [-0.2, -0.15) is 0 Å². The lowest BCUT2D eigenvalue weighted by atomic mass is 10.1. The Morgan fingerprint density at radius 3 is 1.44 bits per heavy atom. The first-order valence-corrected chi connectivity index (χ1v) is 15.6. The van der Waals surface area contributed by atoms with E-state index in [1.165, 1.54) is 26.4 Å². The highest BCUT2D eigenvalue weighted by Crippen LogP contribution is 2.46. The van der Waals surface area contributed by atoms with Crippen LogP contribution in [0.15, 0.2) is 24.3 Å². The second-order valence-electron chi connectivity index (χ2n) is 10.8. The van der Waals surface area contributed by atoms with Crippen LogP contribution in [0.4, 0.5) is 8.78 Å². The van der Waals surface area contributed by atoms with Crippen molar-refractivity contribution in [1.29, 1.82) is 0 Å². The molecule has 2 N–H and O–H groups in total. The number of carboxylic acid groups (broad SMARTS) is 2. The third-order valence-electron chi connectivity index (χ3n) is 7.96. The summed E-state index contributed by atoms with van der Waals surface area (Å²) in [6.45, 7) is -0.0705. The maximum absolute atomic E-state index is 15.5. The van der Waals surface area contributed by atoms with E-state index in [4.69, 9.17) is 29.2 Å². The van der Waals surface area contributed by atoms with Crippen LogP contribution in [0.25, 0.3) is 20.2 Å². The summed E-state index contributed by atoms with van der Waals surface area (Å²) in [5.41, 5.74) is 0. The van der Waals surface area contributed by atoms with Crippen LogP contribution >= 0.6 is 22.7 Å². The molecule has 45 heavy (non-hydrogen) atoms. The van der Waals surface area contributed by atoms with Crippen molar-refractivity contribution < 1.29 is 57.1 Å². The van der Waals surface area contributed by atoms with E-state index in [-0.39, 0.29) is 87.6 Å². The molecular weight excluding hydrogens is 634 g/mol. The Kier molecular flexibility index (Phi) is 8.12. The van der Waals surface area contributed by atoms with Gasteiger partial charge in [-0.1, -0.05) is 0 Å². The summed E-state index contributed by atoms with van der Waals surface area (Å²) in [7, 11) is 2.70. The first-order chi connectivity index (χ1) is 21.5. The highest BCUT2D eigenvalue weighted by molar-refractivity contribution is 7.21. The summed E-state index contributed by atoms with van der Waals surface area (Å²) in [5, 5.41) is 18.6.